The molecule has 0 amide bonds. The number of hydrogen-bond acceptors (Lipinski definition) is 7. The summed E-state index contributed by atoms with van der Waals surface area (Å²) in [7, 11) is -4.86. The zero-order chi connectivity index (χ0) is 33.6. The number of hydrogen-bond donors (Lipinski definition) is 2. The minimum atomic E-state index is -4.86. The molecule has 0 aliphatic carbocycles. The van der Waals surface area contributed by atoms with Gasteiger partial charge < -0.3 is 10.6 Å². The summed E-state index contributed by atoms with van der Waals surface area (Å²) in [4.78, 5) is 21.9. The van der Waals surface area contributed by atoms with Crippen molar-refractivity contribution in [1.82, 2.24) is 19.9 Å². The Bertz CT molecular complexity index is 1960. The van der Waals surface area contributed by atoms with Crippen molar-refractivity contribution in [3.63, 3.8) is 0 Å². The first-order valence-electron chi connectivity index (χ1n) is 13.7. The Kier molecular flexibility index (Phi) is 9.21. The van der Waals surface area contributed by atoms with E-state index in [9.17, 15) is 30.8 Å². The lowest BCUT2D eigenvalue weighted by atomic mass is 10.0. The zero-order valence-corrected chi connectivity index (χ0v) is 25.2. The van der Waals surface area contributed by atoms with Gasteiger partial charge in [-0.2, -0.15) is 22.0 Å². The second-order valence-electron chi connectivity index (χ2n) is 10.5. The second-order valence-corrected chi connectivity index (χ2v) is 12.8. The van der Waals surface area contributed by atoms with Gasteiger partial charge in [-0.25, -0.2) is 31.0 Å². The maximum Gasteiger partial charge on any atom is 0.416 e. The van der Waals surface area contributed by atoms with Crippen LogP contribution in [-0.4, -0.2) is 48.3 Å². The second kappa shape index (κ2) is 12.7. The van der Waals surface area contributed by atoms with Crippen molar-refractivity contribution < 1.29 is 39.2 Å². The molecule has 0 spiro atoms. The van der Waals surface area contributed by atoms with Crippen molar-refractivity contribution in [3.8, 4) is 11.1 Å². The van der Waals surface area contributed by atoms with Crippen molar-refractivity contribution in [3.05, 3.63) is 81.5 Å². The zero-order valence-electron chi connectivity index (χ0n) is 23.7. The largest absolute Gasteiger partial charge is 0.416 e. The lowest BCUT2D eigenvalue weighted by Gasteiger charge is -2.26. The average Bonchev–Trinajstić information content (AvgIpc) is 2.98. The van der Waals surface area contributed by atoms with Gasteiger partial charge in [0.05, 0.1) is 16.9 Å². The number of fused-ring (bicyclic) bond motifs is 1. The predicted molar refractivity (Wildman–Crippen MR) is 157 cm³/mol. The van der Waals surface area contributed by atoms with E-state index in [0.29, 0.717) is 24.7 Å². The van der Waals surface area contributed by atoms with Gasteiger partial charge in [0, 0.05) is 61.0 Å². The third-order valence-corrected chi connectivity index (χ3v) is 9.42. The first-order chi connectivity index (χ1) is 21.6. The van der Waals surface area contributed by atoms with Crippen LogP contribution >= 0.6 is 11.8 Å². The van der Waals surface area contributed by atoms with Gasteiger partial charge in [-0.3, -0.25) is 9.36 Å². The molecule has 3 heterocycles. The lowest BCUT2D eigenvalue weighted by molar-refractivity contribution is -0.137. The summed E-state index contributed by atoms with van der Waals surface area (Å²) in [5, 5.41) is 6.10. The number of alkyl halides is 4. The molecule has 2 atom stereocenters. The molecule has 18 heteroatoms. The lowest BCUT2D eigenvalue weighted by Crippen LogP contribution is -2.44. The van der Waals surface area contributed by atoms with E-state index in [2.05, 4.69) is 20.6 Å². The minimum absolute atomic E-state index is 0.000513. The number of sulfonamides is 1. The van der Waals surface area contributed by atoms with Crippen LogP contribution in [0, 0.1) is 17.5 Å². The molecule has 4 aromatic rings. The quantitative estimate of drug-likeness (QED) is 0.142. The Hall–Kier alpha value is -3.96. The van der Waals surface area contributed by atoms with Crippen LogP contribution in [0.2, 0.25) is 0 Å². The fourth-order valence-corrected chi connectivity index (χ4v) is 6.51. The first-order valence-corrected chi connectivity index (χ1v) is 15.6. The molecular formula is C28H24ClF7N6O3S. The highest BCUT2D eigenvalue weighted by atomic mass is 35.5. The topological polar surface area (TPSA) is 109 Å². The van der Waals surface area contributed by atoms with Crippen LogP contribution in [0.15, 0.2) is 47.4 Å². The van der Waals surface area contributed by atoms with E-state index in [-0.39, 0.29) is 51.9 Å². The number of rotatable bonds is 8. The monoisotopic (exact) mass is 692 g/mol. The van der Waals surface area contributed by atoms with E-state index < -0.39 is 73.5 Å². The van der Waals surface area contributed by atoms with E-state index in [1.165, 1.54) is 6.20 Å². The van der Waals surface area contributed by atoms with Crippen LogP contribution < -0.4 is 20.0 Å². The maximum atomic E-state index is 15.5. The van der Waals surface area contributed by atoms with E-state index in [4.69, 9.17) is 11.8 Å². The fourth-order valence-electron chi connectivity index (χ4n) is 5.04. The third kappa shape index (κ3) is 6.62. The van der Waals surface area contributed by atoms with Crippen LogP contribution in [-0.2, 0) is 28.5 Å². The molecular weight excluding hydrogens is 669 g/mol. The number of pyridine rings is 1. The first kappa shape index (κ1) is 33.4. The Morgan fingerprint density at radius 3 is 2.41 bits per heavy atom. The maximum absolute atomic E-state index is 15.5. The van der Waals surface area contributed by atoms with Gasteiger partial charge in [0.2, 0.25) is 5.95 Å². The Morgan fingerprint density at radius 2 is 1.78 bits per heavy atom. The molecule has 46 heavy (non-hydrogen) atoms. The molecule has 0 bridgehead atoms. The Morgan fingerprint density at radius 1 is 1.09 bits per heavy atom. The SMILES string of the molecule is CCn1c(=O)c(-c2cc(F)c(N(Cl)S(=O)(=O)Cc3ccc(C(F)(F)F)cc3)c(F)c2F)cc2cnc(N[C@@H]3CNC[C@@H](F)C3)nc21. The summed E-state index contributed by atoms with van der Waals surface area (Å²) in [5.41, 5.74) is -4.89. The van der Waals surface area contributed by atoms with Crippen molar-refractivity contribution in [2.45, 2.75) is 44.0 Å². The van der Waals surface area contributed by atoms with E-state index in [1.54, 1.807) is 6.92 Å². The van der Waals surface area contributed by atoms with Crippen molar-refractivity contribution >= 4 is 44.5 Å². The summed E-state index contributed by atoms with van der Waals surface area (Å²) in [5.74, 6) is -6.46. The van der Waals surface area contributed by atoms with Crippen molar-refractivity contribution in [2.75, 3.05) is 22.2 Å². The summed E-state index contributed by atoms with van der Waals surface area (Å²) in [6, 6.07) is 4.10. The molecule has 1 saturated heterocycles. The van der Waals surface area contributed by atoms with Gasteiger partial charge in [0.25, 0.3) is 15.6 Å². The summed E-state index contributed by atoms with van der Waals surface area (Å²) < 4.78 is 125. The third-order valence-electron chi connectivity index (χ3n) is 7.25. The Balaban J connectivity index is 1.48. The van der Waals surface area contributed by atoms with E-state index in [1.807, 2.05) is 0 Å². The smallest absolute Gasteiger partial charge is 0.350 e. The fraction of sp³-hybridized carbons (Fsp3) is 0.321. The molecule has 1 aliphatic heterocycles. The number of aryl methyl sites for hydroxylation is 1. The molecule has 246 valence electrons. The van der Waals surface area contributed by atoms with Gasteiger partial charge in [-0.15, -0.1) is 0 Å². The van der Waals surface area contributed by atoms with Crippen LogP contribution in [0.3, 0.4) is 0 Å². The number of halogens is 8. The molecule has 0 saturated carbocycles. The van der Waals surface area contributed by atoms with Gasteiger partial charge in [0.15, 0.2) is 17.5 Å². The normalized spacial score (nSPS) is 17.3. The highest BCUT2D eigenvalue weighted by Crippen LogP contribution is 2.36. The van der Waals surface area contributed by atoms with Gasteiger partial charge in [0.1, 0.15) is 17.5 Å². The highest BCUT2D eigenvalue weighted by molar-refractivity contribution is 7.93. The van der Waals surface area contributed by atoms with Gasteiger partial charge >= 0.3 is 6.18 Å². The molecule has 9 nitrogen and oxygen atoms in total. The Labute approximate surface area is 262 Å². The summed E-state index contributed by atoms with van der Waals surface area (Å²) in [6.07, 6.45) is -4.27. The number of piperidine rings is 1. The molecule has 2 aromatic heterocycles. The number of anilines is 2. The highest BCUT2D eigenvalue weighted by Gasteiger charge is 2.33. The number of nitrogens with one attached hydrogen (secondary N) is 2. The van der Waals surface area contributed by atoms with Crippen molar-refractivity contribution in [1.29, 1.82) is 0 Å². The minimum Gasteiger partial charge on any atom is -0.350 e. The molecule has 1 fully saturated rings. The van der Waals surface area contributed by atoms with E-state index >= 15 is 13.2 Å². The average molecular weight is 693 g/mol. The van der Waals surface area contributed by atoms with Crippen LogP contribution in [0.25, 0.3) is 22.2 Å². The van der Waals surface area contributed by atoms with Gasteiger partial charge in [-0.1, -0.05) is 12.1 Å². The summed E-state index contributed by atoms with van der Waals surface area (Å²) >= 11 is 5.79. The number of aromatic nitrogens is 3. The van der Waals surface area contributed by atoms with E-state index in [0.717, 1.165) is 22.8 Å². The van der Waals surface area contributed by atoms with Gasteiger partial charge in [-0.05, 0) is 36.8 Å². The molecule has 0 radical (unpaired) electrons. The molecule has 2 aromatic carbocycles. The van der Waals surface area contributed by atoms with Crippen molar-refractivity contribution in [2.24, 2.45) is 0 Å². The molecule has 5 rings (SSSR count). The van der Waals surface area contributed by atoms with Crippen LogP contribution in [0.4, 0.5) is 42.4 Å². The number of nitrogens with zero attached hydrogens (tertiary/aromatic N) is 4. The number of benzene rings is 2. The van der Waals surface area contributed by atoms with Crippen LogP contribution in [0.5, 0.6) is 0 Å². The van der Waals surface area contributed by atoms with Crippen LogP contribution in [0.1, 0.15) is 24.5 Å². The standard InChI is InChI=1S/C28H24ClF7N6O3S/c1-2-41-25-15(10-38-27(40-25)39-18-8-17(30)11-37-12-18)7-20(26(41)43)19-9-21(31)24(23(33)22(19)32)42(29)46(44,45)13-14-3-5-16(6-4-14)28(34,35)36/h3-7,9-10,17-18,37H,2,8,11-13H2,1H3,(H,38,39,40)/t17-,18-/m0/s1. The summed E-state index contributed by atoms with van der Waals surface area (Å²) in [6.45, 7) is 2.24. The molecule has 0 unspecified atom stereocenters. The predicted octanol–water partition coefficient (Wildman–Crippen LogP) is 5.52. The molecule has 2 N–H and O–H groups in total. The molecule has 1 aliphatic rings.